The second-order valence-electron chi connectivity index (χ2n) is 18.6. The van der Waals surface area contributed by atoms with Gasteiger partial charge in [0.25, 0.3) is 0 Å². The molecule has 390 valence electrons. The molecule has 3 heterocycles. The third-order valence-corrected chi connectivity index (χ3v) is 13.2. The Bertz CT molecular complexity index is 1240. The molecular weight excluding hydrogens is 867 g/mol. The van der Waals surface area contributed by atoms with Crippen molar-refractivity contribution < 1.29 is 89.4 Å². The number of carbonyl (C=O) groups excluding carboxylic acids is 1. The van der Waals surface area contributed by atoms with Gasteiger partial charge in [-0.1, -0.05) is 142 Å². The van der Waals surface area contributed by atoms with Gasteiger partial charge in [-0.05, 0) is 12.8 Å². The van der Waals surface area contributed by atoms with Gasteiger partial charge in [-0.3, -0.25) is 4.79 Å². The van der Waals surface area contributed by atoms with E-state index in [9.17, 15) is 61.0 Å². The molecule has 0 aromatic rings. The van der Waals surface area contributed by atoms with Crippen molar-refractivity contribution in [1.82, 2.24) is 5.32 Å². The predicted octanol–water partition coefficient (Wildman–Crippen LogP) is 1.31. The van der Waals surface area contributed by atoms with E-state index in [0.717, 1.165) is 32.1 Å². The fourth-order valence-electron chi connectivity index (χ4n) is 8.90. The molecule has 12 N–H and O–H groups in total. The largest absolute Gasteiger partial charge is 0.394 e. The van der Waals surface area contributed by atoms with Crippen molar-refractivity contribution in [3.8, 4) is 0 Å². The van der Waals surface area contributed by atoms with Crippen molar-refractivity contribution in [2.75, 3.05) is 26.4 Å². The number of amides is 1. The van der Waals surface area contributed by atoms with Crippen molar-refractivity contribution in [2.45, 2.75) is 266 Å². The Morgan fingerprint density at radius 1 is 0.485 bits per heavy atom. The minimum atomic E-state index is -1.96. The molecule has 19 nitrogen and oxygen atoms in total. The monoisotopic (exact) mass is 956 g/mol. The molecule has 0 aromatic heterocycles. The van der Waals surface area contributed by atoms with E-state index in [2.05, 4.69) is 12.2 Å². The van der Waals surface area contributed by atoms with E-state index in [1.54, 1.807) is 0 Å². The number of rotatable bonds is 35. The summed E-state index contributed by atoms with van der Waals surface area (Å²) in [6.07, 6.45) is -0.943. The van der Waals surface area contributed by atoms with Crippen LogP contribution in [0.15, 0.2) is 0 Å². The molecule has 3 aliphatic heterocycles. The van der Waals surface area contributed by atoms with Crippen LogP contribution in [0.1, 0.15) is 162 Å². The minimum Gasteiger partial charge on any atom is -0.394 e. The third kappa shape index (κ3) is 19.5. The van der Waals surface area contributed by atoms with Gasteiger partial charge in [0.2, 0.25) is 5.91 Å². The van der Waals surface area contributed by atoms with Gasteiger partial charge in [0.1, 0.15) is 73.2 Å². The van der Waals surface area contributed by atoms with Gasteiger partial charge in [-0.25, -0.2) is 0 Å². The second-order valence-corrected chi connectivity index (χ2v) is 18.6. The van der Waals surface area contributed by atoms with E-state index in [-0.39, 0.29) is 18.9 Å². The topological polar surface area (TPSA) is 307 Å². The first-order chi connectivity index (χ1) is 31.8. The molecule has 17 atom stereocenters. The Labute approximate surface area is 392 Å². The lowest BCUT2D eigenvalue weighted by Gasteiger charge is -2.48. The molecule has 0 spiro atoms. The number of ether oxygens (including phenoxy) is 6. The summed E-state index contributed by atoms with van der Waals surface area (Å²) in [6, 6.07) is -0.875. The van der Waals surface area contributed by atoms with Crippen LogP contribution in [0.4, 0.5) is 0 Å². The summed E-state index contributed by atoms with van der Waals surface area (Å²) in [5, 5.41) is 119. The van der Waals surface area contributed by atoms with Crippen molar-refractivity contribution in [2.24, 2.45) is 0 Å². The average Bonchev–Trinajstić information content (AvgIpc) is 3.31. The molecule has 3 aliphatic rings. The Morgan fingerprint density at radius 2 is 0.864 bits per heavy atom. The molecule has 19 heteroatoms. The lowest BCUT2D eigenvalue weighted by Crippen LogP contribution is -2.66. The Hall–Kier alpha value is -1.21. The van der Waals surface area contributed by atoms with Crippen molar-refractivity contribution >= 4 is 5.91 Å². The smallest absolute Gasteiger partial charge is 0.220 e. The standard InChI is InChI=1S/C47H89NO18/c1-3-5-7-8-9-10-11-12-13-14-15-16-17-18-19-20-21-23-25-35(53)48-30(31(52)24-22-6-4-2)29-61-45-41(59)38(56)43(33(27-50)63-45)66-47-42(60)39(57)44(34(28-51)64-47)65-46-40(58)37(55)36(54)32(26-49)62-46/h30-34,36-47,49-52,54-60H,3-29H2,1-2H3,(H,48,53). The van der Waals surface area contributed by atoms with E-state index >= 15 is 0 Å². The fraction of sp³-hybridized carbons (Fsp3) is 0.979. The molecular formula is C47H89NO18. The first-order valence-corrected chi connectivity index (χ1v) is 25.3. The van der Waals surface area contributed by atoms with Crippen LogP contribution in [-0.4, -0.2) is 193 Å². The Kier molecular flexibility index (Phi) is 29.9. The van der Waals surface area contributed by atoms with E-state index in [0.29, 0.717) is 19.3 Å². The molecule has 1 amide bonds. The van der Waals surface area contributed by atoms with Crippen LogP contribution in [0.25, 0.3) is 0 Å². The van der Waals surface area contributed by atoms with E-state index < -0.39 is 124 Å². The maximum absolute atomic E-state index is 13.1. The van der Waals surface area contributed by atoms with Crippen LogP contribution in [0.5, 0.6) is 0 Å². The molecule has 0 aromatic carbocycles. The molecule has 3 saturated heterocycles. The lowest BCUT2D eigenvalue weighted by atomic mass is 9.96. The van der Waals surface area contributed by atoms with Gasteiger partial charge in [-0.15, -0.1) is 0 Å². The van der Waals surface area contributed by atoms with Crippen LogP contribution in [-0.2, 0) is 33.2 Å². The quantitative estimate of drug-likeness (QED) is 0.0399. The number of hydrogen-bond acceptors (Lipinski definition) is 18. The van der Waals surface area contributed by atoms with Gasteiger partial charge < -0.3 is 89.9 Å². The van der Waals surface area contributed by atoms with Gasteiger partial charge >= 0.3 is 0 Å². The maximum Gasteiger partial charge on any atom is 0.220 e. The Balaban J connectivity index is 1.44. The minimum absolute atomic E-state index is 0.253. The number of aliphatic hydroxyl groups excluding tert-OH is 11. The zero-order valence-corrected chi connectivity index (χ0v) is 39.7. The van der Waals surface area contributed by atoms with E-state index in [4.69, 9.17) is 28.4 Å². The number of nitrogens with one attached hydrogen (secondary N) is 1. The summed E-state index contributed by atoms with van der Waals surface area (Å²) in [6.45, 7) is 1.58. The molecule has 66 heavy (non-hydrogen) atoms. The number of carbonyl (C=O) groups is 1. The second kappa shape index (κ2) is 33.4. The highest BCUT2D eigenvalue weighted by molar-refractivity contribution is 5.76. The Morgan fingerprint density at radius 3 is 1.32 bits per heavy atom. The number of aliphatic hydroxyl groups is 11. The van der Waals surface area contributed by atoms with Gasteiger partial charge in [0.05, 0.1) is 38.6 Å². The van der Waals surface area contributed by atoms with E-state index in [1.165, 1.54) is 89.9 Å². The van der Waals surface area contributed by atoms with Crippen molar-refractivity contribution in [3.05, 3.63) is 0 Å². The van der Waals surface area contributed by atoms with Crippen LogP contribution in [0.3, 0.4) is 0 Å². The summed E-state index contributed by atoms with van der Waals surface area (Å²) >= 11 is 0. The van der Waals surface area contributed by atoms with Crippen LogP contribution < -0.4 is 5.32 Å². The van der Waals surface area contributed by atoms with E-state index in [1.807, 2.05) is 6.92 Å². The van der Waals surface area contributed by atoms with Gasteiger partial charge in [-0.2, -0.15) is 0 Å². The summed E-state index contributed by atoms with van der Waals surface area (Å²) in [5.74, 6) is -0.253. The molecule has 3 rings (SSSR count). The molecule has 0 bridgehead atoms. The zero-order chi connectivity index (χ0) is 48.4. The predicted molar refractivity (Wildman–Crippen MR) is 240 cm³/mol. The summed E-state index contributed by atoms with van der Waals surface area (Å²) in [5.41, 5.74) is 0. The highest BCUT2D eigenvalue weighted by atomic mass is 16.8. The molecule has 0 saturated carbocycles. The number of hydrogen-bond donors (Lipinski definition) is 12. The molecule has 17 unspecified atom stereocenters. The normalized spacial score (nSPS) is 33.7. The SMILES string of the molecule is CCCCCCCCCCCCCCCCCCCCC(=O)NC(COC1OC(CO)C(OC2OC(CO)C(OC3OC(CO)C(O)C(O)C3O)C(O)C2O)C(O)C1O)C(O)CCCCC. The number of unbranched alkanes of at least 4 members (excludes halogenated alkanes) is 19. The van der Waals surface area contributed by atoms with Crippen molar-refractivity contribution in [1.29, 1.82) is 0 Å². The lowest BCUT2D eigenvalue weighted by molar-refractivity contribution is -0.379. The van der Waals surface area contributed by atoms with Crippen molar-refractivity contribution in [3.63, 3.8) is 0 Å². The fourth-order valence-corrected chi connectivity index (χ4v) is 8.90. The highest BCUT2D eigenvalue weighted by Gasteiger charge is 2.53. The average molecular weight is 956 g/mol. The molecule has 0 radical (unpaired) electrons. The summed E-state index contributed by atoms with van der Waals surface area (Å²) < 4.78 is 33.9. The van der Waals surface area contributed by atoms with Crippen LogP contribution in [0, 0.1) is 0 Å². The summed E-state index contributed by atoms with van der Waals surface area (Å²) in [7, 11) is 0. The van der Waals surface area contributed by atoms with Gasteiger partial charge in [0.15, 0.2) is 18.9 Å². The molecule has 3 fully saturated rings. The maximum atomic E-state index is 13.1. The first kappa shape index (κ1) is 59.1. The van der Waals surface area contributed by atoms with Crippen LogP contribution >= 0.6 is 0 Å². The van der Waals surface area contributed by atoms with Crippen LogP contribution in [0.2, 0.25) is 0 Å². The van der Waals surface area contributed by atoms with Gasteiger partial charge in [0, 0.05) is 6.42 Å². The first-order valence-electron chi connectivity index (χ1n) is 25.3. The zero-order valence-electron chi connectivity index (χ0n) is 39.7. The summed E-state index contributed by atoms with van der Waals surface area (Å²) in [4.78, 5) is 13.1. The molecule has 0 aliphatic carbocycles. The highest BCUT2D eigenvalue weighted by Crippen LogP contribution is 2.33. The third-order valence-electron chi connectivity index (χ3n) is 13.2.